The Morgan fingerprint density at radius 1 is 1.13 bits per heavy atom. The molecule has 0 aliphatic heterocycles. The lowest BCUT2D eigenvalue weighted by Crippen LogP contribution is -2.45. The highest BCUT2D eigenvalue weighted by Gasteiger charge is 2.34. The Labute approximate surface area is 91.9 Å². The third kappa shape index (κ3) is 3.42. The molecular formula is C11H18O3Si. The van der Waals surface area contributed by atoms with Crippen LogP contribution in [0, 0.1) is 0 Å². The summed E-state index contributed by atoms with van der Waals surface area (Å²) >= 11 is 0. The molecule has 0 saturated heterocycles. The number of aliphatic hydroxyl groups is 1. The Bertz CT molecular complexity index is 264. The van der Waals surface area contributed by atoms with Gasteiger partial charge < -0.3 is 14.0 Å². The summed E-state index contributed by atoms with van der Waals surface area (Å²) in [5.41, 5.74) is 1.25. The van der Waals surface area contributed by atoms with E-state index in [1.54, 1.807) is 14.2 Å². The Hall–Kier alpha value is -0.683. The lowest BCUT2D eigenvalue weighted by Gasteiger charge is -2.24. The standard InChI is InChI=1S/C11H18O3Si/c1-13-15(10-12,14-2)9-8-11-6-4-3-5-7-11/h3-7,12H,8-10H2,1-2H3. The van der Waals surface area contributed by atoms with Crippen molar-refractivity contribution in [2.45, 2.75) is 12.5 Å². The van der Waals surface area contributed by atoms with Crippen molar-refractivity contribution in [3.05, 3.63) is 35.9 Å². The molecule has 0 fully saturated rings. The van der Waals surface area contributed by atoms with Gasteiger partial charge in [0.05, 0.1) is 6.23 Å². The highest BCUT2D eigenvalue weighted by Crippen LogP contribution is 2.15. The lowest BCUT2D eigenvalue weighted by atomic mass is 10.2. The Morgan fingerprint density at radius 2 is 1.73 bits per heavy atom. The van der Waals surface area contributed by atoms with E-state index < -0.39 is 8.56 Å². The molecule has 0 aliphatic carbocycles. The largest absolute Gasteiger partial charge is 0.396 e. The van der Waals surface area contributed by atoms with Crippen molar-refractivity contribution in [3.8, 4) is 0 Å². The third-order valence-corrected chi connectivity index (χ3v) is 5.60. The van der Waals surface area contributed by atoms with Gasteiger partial charge in [-0.3, -0.25) is 0 Å². The maximum atomic E-state index is 9.27. The van der Waals surface area contributed by atoms with E-state index in [0.29, 0.717) is 0 Å². The molecule has 1 N–H and O–H groups in total. The van der Waals surface area contributed by atoms with Crippen LogP contribution >= 0.6 is 0 Å². The third-order valence-electron chi connectivity index (χ3n) is 2.62. The number of hydrogen-bond acceptors (Lipinski definition) is 3. The van der Waals surface area contributed by atoms with Crippen molar-refractivity contribution >= 4 is 8.56 Å². The summed E-state index contributed by atoms with van der Waals surface area (Å²) in [6.07, 6.45) is 0.891. The Balaban J connectivity index is 2.54. The molecule has 0 bridgehead atoms. The van der Waals surface area contributed by atoms with Crippen molar-refractivity contribution < 1.29 is 14.0 Å². The summed E-state index contributed by atoms with van der Waals surface area (Å²) in [5, 5.41) is 9.27. The van der Waals surface area contributed by atoms with E-state index in [9.17, 15) is 5.11 Å². The van der Waals surface area contributed by atoms with Gasteiger partial charge in [-0.05, 0) is 18.0 Å². The minimum absolute atomic E-state index is 0.00678. The second-order valence-corrected chi connectivity index (χ2v) is 6.92. The van der Waals surface area contributed by atoms with Crippen molar-refractivity contribution in [2.24, 2.45) is 0 Å². The van der Waals surface area contributed by atoms with Crippen LogP contribution in [0.4, 0.5) is 0 Å². The molecule has 0 aliphatic rings. The topological polar surface area (TPSA) is 38.7 Å². The molecule has 0 aromatic heterocycles. The number of aliphatic hydroxyl groups excluding tert-OH is 1. The van der Waals surface area contributed by atoms with Crippen molar-refractivity contribution in [2.75, 3.05) is 20.4 Å². The first-order chi connectivity index (χ1) is 7.26. The minimum Gasteiger partial charge on any atom is -0.396 e. The van der Waals surface area contributed by atoms with Gasteiger partial charge in [-0.25, -0.2) is 0 Å². The van der Waals surface area contributed by atoms with Gasteiger partial charge >= 0.3 is 8.56 Å². The molecule has 15 heavy (non-hydrogen) atoms. The fraction of sp³-hybridized carbons (Fsp3) is 0.455. The fourth-order valence-electron chi connectivity index (χ4n) is 1.48. The maximum Gasteiger partial charge on any atom is 0.364 e. The first kappa shape index (κ1) is 12.4. The second kappa shape index (κ2) is 6.02. The van der Waals surface area contributed by atoms with Gasteiger partial charge in [0.2, 0.25) is 0 Å². The zero-order valence-electron chi connectivity index (χ0n) is 9.27. The monoisotopic (exact) mass is 226 g/mol. The average molecular weight is 226 g/mol. The first-order valence-corrected chi connectivity index (χ1v) is 7.24. The average Bonchev–Trinajstić information content (AvgIpc) is 2.33. The highest BCUT2D eigenvalue weighted by molar-refractivity contribution is 6.67. The predicted molar refractivity (Wildman–Crippen MR) is 61.8 cm³/mol. The molecule has 0 radical (unpaired) electrons. The van der Waals surface area contributed by atoms with Crippen molar-refractivity contribution in [1.29, 1.82) is 0 Å². The van der Waals surface area contributed by atoms with Crippen LogP contribution in [0.1, 0.15) is 5.56 Å². The molecule has 0 amide bonds. The molecule has 1 rings (SSSR count). The van der Waals surface area contributed by atoms with Gasteiger partial charge in [-0.1, -0.05) is 30.3 Å². The summed E-state index contributed by atoms with van der Waals surface area (Å²) < 4.78 is 10.6. The van der Waals surface area contributed by atoms with Crippen LogP contribution in [0.25, 0.3) is 0 Å². The molecule has 0 saturated carbocycles. The summed E-state index contributed by atoms with van der Waals surface area (Å²) in [4.78, 5) is 0. The molecule has 0 atom stereocenters. The van der Waals surface area contributed by atoms with Crippen LogP contribution in [0.15, 0.2) is 30.3 Å². The van der Waals surface area contributed by atoms with Gasteiger partial charge in [0.15, 0.2) is 0 Å². The molecule has 84 valence electrons. The fourth-order valence-corrected chi connectivity index (χ4v) is 3.14. The molecular weight excluding hydrogens is 208 g/mol. The number of hydrogen-bond donors (Lipinski definition) is 1. The number of benzene rings is 1. The molecule has 0 unspecified atom stereocenters. The lowest BCUT2D eigenvalue weighted by molar-refractivity contribution is 0.197. The molecule has 1 aromatic carbocycles. The summed E-state index contributed by atoms with van der Waals surface area (Å²) in [6, 6.07) is 10.9. The molecule has 3 nitrogen and oxygen atoms in total. The normalized spacial score (nSPS) is 11.7. The smallest absolute Gasteiger partial charge is 0.364 e. The number of aryl methyl sites for hydroxylation is 1. The Morgan fingerprint density at radius 3 is 2.20 bits per heavy atom. The van der Waals surface area contributed by atoms with Crippen LogP contribution in [-0.4, -0.2) is 34.1 Å². The molecule has 0 spiro atoms. The maximum absolute atomic E-state index is 9.27. The van der Waals surface area contributed by atoms with E-state index >= 15 is 0 Å². The first-order valence-electron chi connectivity index (χ1n) is 5.01. The quantitative estimate of drug-likeness (QED) is 0.747. The summed E-state index contributed by atoms with van der Waals surface area (Å²) in [5.74, 6) is 0. The van der Waals surface area contributed by atoms with E-state index in [4.69, 9.17) is 8.85 Å². The Kier molecular flexibility index (Phi) is 4.97. The number of rotatable bonds is 6. The van der Waals surface area contributed by atoms with E-state index in [0.717, 1.165) is 12.5 Å². The molecule has 0 heterocycles. The minimum atomic E-state index is -2.34. The summed E-state index contributed by atoms with van der Waals surface area (Å²) in [6.45, 7) is 0. The van der Waals surface area contributed by atoms with Gasteiger partial charge in [0.1, 0.15) is 0 Å². The van der Waals surface area contributed by atoms with Gasteiger partial charge in [-0.2, -0.15) is 0 Å². The van der Waals surface area contributed by atoms with Gasteiger partial charge in [-0.15, -0.1) is 0 Å². The second-order valence-electron chi connectivity index (χ2n) is 3.46. The van der Waals surface area contributed by atoms with Crippen LogP contribution < -0.4 is 0 Å². The van der Waals surface area contributed by atoms with E-state index in [1.807, 2.05) is 18.2 Å². The summed E-state index contributed by atoms with van der Waals surface area (Å²) in [7, 11) is 0.872. The van der Waals surface area contributed by atoms with Crippen LogP contribution in [-0.2, 0) is 15.3 Å². The zero-order chi connectivity index (χ0) is 11.1. The predicted octanol–water partition coefficient (Wildman–Crippen LogP) is 1.50. The van der Waals surface area contributed by atoms with Crippen LogP contribution in [0.5, 0.6) is 0 Å². The SMILES string of the molecule is CO[Si](CO)(CCc1ccccc1)OC. The van der Waals surface area contributed by atoms with Gasteiger partial charge in [0, 0.05) is 14.2 Å². The van der Waals surface area contributed by atoms with Crippen LogP contribution in [0.3, 0.4) is 0 Å². The highest BCUT2D eigenvalue weighted by atomic mass is 28.4. The van der Waals surface area contributed by atoms with E-state index in [2.05, 4.69) is 12.1 Å². The van der Waals surface area contributed by atoms with Gasteiger partial charge in [0.25, 0.3) is 0 Å². The van der Waals surface area contributed by atoms with E-state index in [1.165, 1.54) is 5.56 Å². The zero-order valence-corrected chi connectivity index (χ0v) is 10.3. The molecule has 4 heteroatoms. The molecule has 1 aromatic rings. The van der Waals surface area contributed by atoms with Crippen molar-refractivity contribution in [1.82, 2.24) is 0 Å². The van der Waals surface area contributed by atoms with Crippen molar-refractivity contribution in [3.63, 3.8) is 0 Å². The van der Waals surface area contributed by atoms with E-state index in [-0.39, 0.29) is 6.23 Å². The van der Waals surface area contributed by atoms with Crippen LogP contribution in [0.2, 0.25) is 6.04 Å².